The molecule has 0 saturated heterocycles. The zero-order valence-corrected chi connectivity index (χ0v) is 45.6. The van der Waals surface area contributed by atoms with Crippen molar-refractivity contribution in [3.05, 3.63) is 214 Å². The molecule has 0 radical (unpaired) electrons. The first-order valence-electron chi connectivity index (χ1n) is 27.4. The van der Waals surface area contributed by atoms with E-state index in [1.807, 2.05) is 0 Å². The number of nitrogens with zero attached hydrogens (tertiary/aromatic N) is 3. The third-order valence-corrected chi connectivity index (χ3v) is 18.1. The molecule has 3 aliphatic heterocycles. The fourth-order valence-electron chi connectivity index (χ4n) is 14.3. The molecule has 4 aliphatic rings. The molecule has 1 aliphatic carbocycles. The first-order chi connectivity index (χ1) is 35.8. The van der Waals surface area contributed by atoms with Crippen LogP contribution >= 0.6 is 0 Å². The van der Waals surface area contributed by atoms with Gasteiger partial charge in [-0.25, -0.2) is 0 Å². The van der Waals surface area contributed by atoms with Crippen LogP contribution in [0.25, 0.3) is 66.1 Å². The van der Waals surface area contributed by atoms with Gasteiger partial charge < -0.3 is 14.0 Å². The van der Waals surface area contributed by atoms with Gasteiger partial charge in [-0.05, 0) is 148 Å². The Kier molecular flexibility index (Phi) is 8.64. The monoisotopic (exact) mass is 970 g/mol. The summed E-state index contributed by atoms with van der Waals surface area (Å²) in [6.45, 7) is 28.7. The highest BCUT2D eigenvalue weighted by molar-refractivity contribution is 7.00. The number of fused-ring (bicyclic) bond motifs is 14. The summed E-state index contributed by atoms with van der Waals surface area (Å²) in [5, 5.41) is 5.27. The zero-order valence-electron chi connectivity index (χ0n) is 45.6. The van der Waals surface area contributed by atoms with Crippen LogP contribution in [0, 0.1) is 0 Å². The van der Waals surface area contributed by atoms with Crippen LogP contribution in [-0.4, -0.2) is 15.8 Å². The molecular formula is C71H64BN3. The lowest BCUT2D eigenvalue weighted by Crippen LogP contribution is -2.60. The fourth-order valence-corrected chi connectivity index (χ4v) is 14.3. The van der Waals surface area contributed by atoms with Gasteiger partial charge in [0, 0.05) is 49.8 Å². The van der Waals surface area contributed by atoms with E-state index in [4.69, 9.17) is 0 Å². The van der Waals surface area contributed by atoms with Crippen molar-refractivity contribution in [2.24, 2.45) is 0 Å². The van der Waals surface area contributed by atoms with Crippen molar-refractivity contribution in [2.45, 2.75) is 110 Å². The Hall–Kier alpha value is -7.56. The second-order valence-electron chi connectivity index (χ2n) is 26.6. The molecule has 9 aromatic carbocycles. The zero-order chi connectivity index (χ0) is 51.6. The number of benzene rings is 9. The van der Waals surface area contributed by atoms with Gasteiger partial charge in [-0.3, -0.25) is 0 Å². The first-order valence-corrected chi connectivity index (χ1v) is 27.4. The standard InChI is InChI=1S/C71H64BN3/c1-67(2,3)41-27-29-47-48-30-28-42(68(4,5)6)38-54(48)71(53(47)37-41)52-31-33-60-62-65(52)75-63-50(35-43(39-55(63)71)69(7,8)9)51-36-44(70(10,11)12)40-57(64(51)75)72(62)56-32-34-59(61-49-25-19-20-26-58(49)74(60)66(56)61)73(45-21-15-13-16-22-45)46-23-17-14-18-24-46/h13-40H,1-12H3. The third-order valence-electron chi connectivity index (χ3n) is 18.1. The highest BCUT2D eigenvalue weighted by Crippen LogP contribution is 2.63. The molecule has 0 amide bonds. The molecular weight excluding hydrogens is 906 g/mol. The van der Waals surface area contributed by atoms with E-state index in [1.165, 1.54) is 133 Å². The predicted molar refractivity (Wildman–Crippen MR) is 320 cm³/mol. The molecule has 0 N–H and O–H groups in total. The van der Waals surface area contributed by atoms with E-state index >= 15 is 0 Å². The van der Waals surface area contributed by atoms with Crippen LogP contribution in [0.5, 0.6) is 0 Å². The summed E-state index contributed by atoms with van der Waals surface area (Å²) in [4.78, 5) is 2.47. The van der Waals surface area contributed by atoms with Crippen molar-refractivity contribution < 1.29 is 0 Å². The highest BCUT2D eigenvalue weighted by Gasteiger charge is 2.55. The normalized spacial score (nSPS) is 14.7. The summed E-state index contributed by atoms with van der Waals surface area (Å²) >= 11 is 0. The minimum atomic E-state index is -0.611. The summed E-state index contributed by atoms with van der Waals surface area (Å²) < 4.78 is 5.45. The number of para-hydroxylation sites is 3. The van der Waals surface area contributed by atoms with E-state index in [9.17, 15) is 0 Å². The topological polar surface area (TPSA) is 13.1 Å². The second kappa shape index (κ2) is 14.4. The lowest BCUT2D eigenvalue weighted by atomic mass is 9.33. The van der Waals surface area contributed by atoms with Crippen molar-refractivity contribution >= 4 is 83.8 Å². The Labute approximate surface area is 442 Å². The molecule has 2 aromatic heterocycles. The second-order valence-corrected chi connectivity index (χ2v) is 26.6. The summed E-state index contributed by atoms with van der Waals surface area (Å²) in [6.07, 6.45) is 0. The van der Waals surface area contributed by atoms with Crippen LogP contribution in [0.15, 0.2) is 170 Å². The summed E-state index contributed by atoms with van der Waals surface area (Å²) in [5.74, 6) is 0. The maximum Gasteiger partial charge on any atom is 0.252 e. The number of hydrogen-bond acceptors (Lipinski definition) is 1. The van der Waals surface area contributed by atoms with Crippen molar-refractivity contribution in [3.8, 4) is 22.5 Å². The Morgan fingerprint density at radius 2 is 0.933 bits per heavy atom. The molecule has 5 heterocycles. The van der Waals surface area contributed by atoms with Gasteiger partial charge in [0.05, 0.1) is 27.7 Å². The largest absolute Gasteiger partial charge is 0.310 e. The quantitative estimate of drug-likeness (QED) is 0.161. The molecule has 0 saturated carbocycles. The average Bonchev–Trinajstić information content (AvgIpc) is 4.18. The van der Waals surface area contributed by atoms with Gasteiger partial charge in [0.1, 0.15) is 0 Å². The minimum Gasteiger partial charge on any atom is -0.310 e. The van der Waals surface area contributed by atoms with Crippen LogP contribution in [0.2, 0.25) is 0 Å². The third kappa shape index (κ3) is 5.73. The highest BCUT2D eigenvalue weighted by atomic mass is 15.1. The van der Waals surface area contributed by atoms with Crippen LogP contribution in [0.1, 0.15) is 128 Å². The van der Waals surface area contributed by atoms with Gasteiger partial charge in [-0.2, -0.15) is 0 Å². The van der Waals surface area contributed by atoms with Crippen LogP contribution in [0.4, 0.5) is 17.1 Å². The van der Waals surface area contributed by atoms with E-state index in [1.54, 1.807) is 0 Å². The molecule has 0 bridgehead atoms. The first kappa shape index (κ1) is 44.9. The smallest absolute Gasteiger partial charge is 0.252 e. The van der Waals surface area contributed by atoms with E-state index in [0.717, 1.165) is 11.4 Å². The van der Waals surface area contributed by atoms with Gasteiger partial charge in [-0.1, -0.05) is 198 Å². The van der Waals surface area contributed by atoms with Crippen LogP contribution in [0.3, 0.4) is 0 Å². The summed E-state index contributed by atoms with van der Waals surface area (Å²) in [6, 6.07) is 66.6. The van der Waals surface area contributed by atoms with Crippen LogP contribution in [-0.2, 0) is 27.1 Å². The molecule has 3 nitrogen and oxygen atoms in total. The van der Waals surface area contributed by atoms with Crippen molar-refractivity contribution in [1.82, 2.24) is 9.13 Å². The number of hydrogen-bond donors (Lipinski definition) is 0. The fraction of sp³-hybridized carbons (Fsp3) is 0.239. The van der Waals surface area contributed by atoms with Crippen LogP contribution < -0.4 is 21.3 Å². The lowest BCUT2D eigenvalue weighted by molar-refractivity contribution is 0.583. The van der Waals surface area contributed by atoms with Crippen molar-refractivity contribution in [1.29, 1.82) is 0 Å². The number of anilines is 3. The molecule has 11 aromatic rings. The predicted octanol–water partition coefficient (Wildman–Crippen LogP) is 16.4. The van der Waals surface area contributed by atoms with E-state index in [-0.39, 0.29) is 28.4 Å². The van der Waals surface area contributed by atoms with Gasteiger partial charge in [0.25, 0.3) is 6.71 Å². The van der Waals surface area contributed by atoms with Crippen molar-refractivity contribution in [2.75, 3.05) is 4.90 Å². The average molecular weight is 970 g/mol. The molecule has 366 valence electrons. The van der Waals surface area contributed by atoms with Crippen molar-refractivity contribution in [3.63, 3.8) is 0 Å². The van der Waals surface area contributed by atoms with Gasteiger partial charge in [-0.15, -0.1) is 0 Å². The maximum absolute atomic E-state index is 2.79. The maximum atomic E-state index is 2.79. The Morgan fingerprint density at radius 1 is 0.400 bits per heavy atom. The minimum absolute atomic E-state index is 0.0327. The lowest BCUT2D eigenvalue weighted by Gasteiger charge is -2.45. The Bertz CT molecular complexity index is 4220. The molecule has 0 fully saturated rings. The molecule has 0 unspecified atom stereocenters. The van der Waals surface area contributed by atoms with Gasteiger partial charge >= 0.3 is 0 Å². The molecule has 4 heteroatoms. The Balaban J connectivity index is 1.17. The molecule has 75 heavy (non-hydrogen) atoms. The Morgan fingerprint density at radius 3 is 1.52 bits per heavy atom. The SMILES string of the molecule is CC(C)(C)c1ccc2c(c1)C1(c3cc(C(C)(C)C)ccc3-2)c2ccc3c4c2-n2c5c(cc(C(C)(C)C)cc5c5cc(C(C)(C)C)cc1c52)B4c1ccc(N(c2ccccc2)c2ccccc2)c2c4ccccc4n-3c12. The van der Waals surface area contributed by atoms with Gasteiger partial charge in [0.2, 0.25) is 0 Å². The number of aromatic nitrogens is 2. The summed E-state index contributed by atoms with van der Waals surface area (Å²) in [7, 11) is 0. The van der Waals surface area contributed by atoms with Gasteiger partial charge in [0.15, 0.2) is 0 Å². The molecule has 15 rings (SSSR count). The van der Waals surface area contributed by atoms with E-state index in [0.29, 0.717) is 0 Å². The molecule has 1 spiro atoms. The molecule has 0 atom stereocenters. The number of rotatable bonds is 3. The summed E-state index contributed by atoms with van der Waals surface area (Å²) in [5.41, 5.74) is 28.4. The van der Waals surface area contributed by atoms with E-state index < -0.39 is 5.41 Å². The van der Waals surface area contributed by atoms with E-state index in [2.05, 4.69) is 267 Å².